The summed E-state index contributed by atoms with van der Waals surface area (Å²) in [6.07, 6.45) is 0.212. The van der Waals surface area contributed by atoms with E-state index < -0.39 is 0 Å². The quantitative estimate of drug-likeness (QED) is 0.819. The molecule has 0 amide bonds. The van der Waals surface area contributed by atoms with E-state index in [4.69, 9.17) is 9.47 Å². The zero-order chi connectivity index (χ0) is 12.3. The molecule has 3 heteroatoms. The van der Waals surface area contributed by atoms with Crippen LogP contribution in [0.4, 0.5) is 0 Å². The van der Waals surface area contributed by atoms with Gasteiger partial charge in [-0.15, -0.1) is 11.8 Å². The Balaban J connectivity index is 1.79. The number of hydrogen-bond acceptors (Lipinski definition) is 3. The van der Waals surface area contributed by atoms with E-state index in [1.54, 1.807) is 0 Å². The van der Waals surface area contributed by atoms with E-state index in [-0.39, 0.29) is 17.0 Å². The first-order valence-corrected chi connectivity index (χ1v) is 7.05. The lowest BCUT2D eigenvalue weighted by atomic mass is 9.98. The first-order chi connectivity index (χ1) is 8.05. The molecule has 1 aliphatic heterocycles. The number of hydrogen-bond donors (Lipinski definition) is 0. The molecule has 0 aliphatic carbocycles. The molecule has 0 spiro atoms. The molecule has 1 aromatic carbocycles. The second kappa shape index (κ2) is 5.32. The zero-order valence-corrected chi connectivity index (χ0v) is 11.5. The number of rotatable bonds is 3. The molecule has 0 N–H and O–H groups in total. The van der Waals surface area contributed by atoms with Crippen molar-refractivity contribution in [3.63, 3.8) is 0 Å². The molecule has 2 nitrogen and oxygen atoms in total. The van der Waals surface area contributed by atoms with Crippen LogP contribution >= 0.6 is 11.8 Å². The summed E-state index contributed by atoms with van der Waals surface area (Å²) in [5, 5.41) is 0. The highest BCUT2D eigenvalue weighted by Gasteiger charge is 2.34. The van der Waals surface area contributed by atoms with Crippen molar-refractivity contribution in [3.05, 3.63) is 30.3 Å². The van der Waals surface area contributed by atoms with Gasteiger partial charge in [-0.25, -0.2) is 0 Å². The maximum atomic E-state index is 5.99. The van der Waals surface area contributed by atoms with Gasteiger partial charge < -0.3 is 9.47 Å². The molecule has 2 atom stereocenters. The molecule has 1 heterocycles. The topological polar surface area (TPSA) is 18.5 Å². The van der Waals surface area contributed by atoms with Crippen LogP contribution in [-0.2, 0) is 4.74 Å². The van der Waals surface area contributed by atoms with Crippen molar-refractivity contribution in [2.75, 3.05) is 12.4 Å². The van der Waals surface area contributed by atoms with Crippen molar-refractivity contribution < 1.29 is 9.47 Å². The van der Waals surface area contributed by atoms with E-state index in [0.29, 0.717) is 6.61 Å². The van der Waals surface area contributed by atoms with Crippen LogP contribution < -0.4 is 4.74 Å². The van der Waals surface area contributed by atoms with Gasteiger partial charge in [-0.05, 0) is 17.5 Å². The number of ether oxygens (including phenoxy) is 2. The van der Waals surface area contributed by atoms with Gasteiger partial charge in [-0.1, -0.05) is 39.0 Å². The highest BCUT2D eigenvalue weighted by molar-refractivity contribution is 8.00. The van der Waals surface area contributed by atoms with Gasteiger partial charge in [-0.2, -0.15) is 0 Å². The summed E-state index contributed by atoms with van der Waals surface area (Å²) in [6.45, 7) is 7.28. The standard InChI is InChI=1S/C14H20O2S/c1-14(2,3)13-16-12(10-17-13)9-15-11-7-5-4-6-8-11/h4-8,12-13H,9-10H2,1-3H3. The Labute approximate surface area is 108 Å². The molecule has 0 bridgehead atoms. The van der Waals surface area contributed by atoms with Crippen molar-refractivity contribution in [2.24, 2.45) is 5.41 Å². The number of para-hydroxylation sites is 1. The number of benzene rings is 1. The van der Waals surface area contributed by atoms with E-state index in [2.05, 4.69) is 20.8 Å². The van der Waals surface area contributed by atoms with E-state index in [9.17, 15) is 0 Å². The van der Waals surface area contributed by atoms with Crippen molar-refractivity contribution in [3.8, 4) is 5.75 Å². The Morgan fingerprint density at radius 2 is 2.00 bits per heavy atom. The molecule has 0 saturated carbocycles. The molecule has 1 fully saturated rings. The second-order valence-electron chi connectivity index (χ2n) is 5.41. The van der Waals surface area contributed by atoms with E-state index in [1.807, 2.05) is 42.1 Å². The molecule has 2 unspecified atom stereocenters. The lowest BCUT2D eigenvalue weighted by Gasteiger charge is -2.25. The summed E-state index contributed by atoms with van der Waals surface area (Å²) in [7, 11) is 0. The first kappa shape index (κ1) is 12.8. The summed E-state index contributed by atoms with van der Waals surface area (Å²) in [5.74, 6) is 1.94. The summed E-state index contributed by atoms with van der Waals surface area (Å²) < 4.78 is 11.7. The molecule has 0 aromatic heterocycles. The zero-order valence-electron chi connectivity index (χ0n) is 10.7. The lowest BCUT2D eigenvalue weighted by Crippen LogP contribution is -2.27. The average Bonchev–Trinajstić information content (AvgIpc) is 2.76. The summed E-state index contributed by atoms with van der Waals surface area (Å²) >= 11 is 1.89. The molecule has 0 radical (unpaired) electrons. The maximum absolute atomic E-state index is 5.99. The third kappa shape index (κ3) is 3.65. The lowest BCUT2D eigenvalue weighted by molar-refractivity contribution is -0.00846. The largest absolute Gasteiger partial charge is 0.491 e. The average molecular weight is 252 g/mol. The van der Waals surface area contributed by atoms with Crippen LogP contribution in [0.5, 0.6) is 5.75 Å². The predicted molar refractivity (Wildman–Crippen MR) is 72.5 cm³/mol. The Kier molecular flexibility index (Phi) is 4.00. The van der Waals surface area contributed by atoms with E-state index >= 15 is 0 Å². The van der Waals surface area contributed by atoms with Crippen LogP contribution in [0.25, 0.3) is 0 Å². The highest BCUT2D eigenvalue weighted by Crippen LogP contribution is 2.37. The van der Waals surface area contributed by atoms with Crippen molar-refractivity contribution in [1.29, 1.82) is 0 Å². The van der Waals surface area contributed by atoms with Gasteiger partial charge in [0.2, 0.25) is 0 Å². The fourth-order valence-electron chi connectivity index (χ4n) is 1.70. The highest BCUT2D eigenvalue weighted by atomic mass is 32.2. The van der Waals surface area contributed by atoms with Gasteiger partial charge in [0.1, 0.15) is 23.9 Å². The molecule has 94 valence electrons. The molecule has 1 aliphatic rings. The minimum atomic E-state index is 0.201. The van der Waals surface area contributed by atoms with Crippen molar-refractivity contribution in [1.82, 2.24) is 0 Å². The van der Waals surface area contributed by atoms with Gasteiger partial charge >= 0.3 is 0 Å². The van der Waals surface area contributed by atoms with Crippen LogP contribution in [0.1, 0.15) is 20.8 Å². The molecular weight excluding hydrogens is 232 g/mol. The maximum Gasteiger partial charge on any atom is 0.119 e. The van der Waals surface area contributed by atoms with Crippen LogP contribution in [-0.4, -0.2) is 23.9 Å². The van der Waals surface area contributed by atoms with Crippen LogP contribution in [0, 0.1) is 5.41 Å². The molecule has 1 saturated heterocycles. The van der Waals surface area contributed by atoms with E-state index in [0.717, 1.165) is 11.5 Å². The van der Waals surface area contributed by atoms with Gasteiger partial charge in [0.25, 0.3) is 0 Å². The van der Waals surface area contributed by atoms with Crippen LogP contribution in [0.3, 0.4) is 0 Å². The van der Waals surface area contributed by atoms with E-state index in [1.165, 1.54) is 0 Å². The van der Waals surface area contributed by atoms with Crippen molar-refractivity contribution >= 4 is 11.8 Å². The minimum Gasteiger partial charge on any atom is -0.491 e. The smallest absolute Gasteiger partial charge is 0.119 e. The Morgan fingerprint density at radius 3 is 2.59 bits per heavy atom. The van der Waals surface area contributed by atoms with Gasteiger partial charge in [-0.3, -0.25) is 0 Å². The summed E-state index contributed by atoms with van der Waals surface area (Å²) in [5.41, 5.74) is 0.485. The Morgan fingerprint density at radius 1 is 1.29 bits per heavy atom. The molecule has 1 aromatic rings. The summed E-state index contributed by atoms with van der Waals surface area (Å²) in [4.78, 5) is 0. The first-order valence-electron chi connectivity index (χ1n) is 6.00. The van der Waals surface area contributed by atoms with Crippen molar-refractivity contribution in [2.45, 2.75) is 32.3 Å². The summed E-state index contributed by atoms with van der Waals surface area (Å²) in [6, 6.07) is 9.91. The van der Waals surface area contributed by atoms with Gasteiger partial charge in [0, 0.05) is 5.75 Å². The third-order valence-corrected chi connectivity index (χ3v) is 4.32. The van der Waals surface area contributed by atoms with Crippen LogP contribution in [0.15, 0.2) is 30.3 Å². The Hall–Kier alpha value is -0.670. The number of thioether (sulfide) groups is 1. The normalized spacial score (nSPS) is 24.9. The molecular formula is C14H20O2S. The van der Waals surface area contributed by atoms with Crippen LogP contribution in [0.2, 0.25) is 0 Å². The fourth-order valence-corrected chi connectivity index (χ4v) is 3.00. The Bertz CT molecular complexity index is 345. The molecule has 17 heavy (non-hydrogen) atoms. The van der Waals surface area contributed by atoms with Gasteiger partial charge in [0.05, 0.1) is 0 Å². The third-order valence-electron chi connectivity index (χ3n) is 2.64. The SMILES string of the molecule is CC(C)(C)C1OC(COc2ccccc2)CS1. The predicted octanol–water partition coefficient (Wildman–Crippen LogP) is 3.57. The van der Waals surface area contributed by atoms with Gasteiger partial charge in [0.15, 0.2) is 0 Å². The monoisotopic (exact) mass is 252 g/mol. The fraction of sp³-hybridized carbons (Fsp3) is 0.571. The molecule has 2 rings (SSSR count). The second-order valence-corrected chi connectivity index (χ2v) is 6.51. The minimum absolute atomic E-state index is 0.201.